The van der Waals surface area contributed by atoms with E-state index in [1.807, 2.05) is 13.8 Å². The van der Waals surface area contributed by atoms with Crippen molar-refractivity contribution in [3.63, 3.8) is 0 Å². The highest BCUT2D eigenvalue weighted by Crippen LogP contribution is 2.18. The number of nitrogens with one attached hydrogen (secondary N) is 1. The minimum absolute atomic E-state index is 0.204. The first-order chi connectivity index (χ1) is 5.61. The van der Waals surface area contributed by atoms with Crippen LogP contribution in [0.2, 0.25) is 0 Å². The number of rotatable bonds is 3. The lowest BCUT2D eigenvalue weighted by atomic mass is 10.0. The average Bonchev–Trinajstić information content (AvgIpc) is 2.33. The molecule has 4 heteroatoms. The van der Waals surface area contributed by atoms with Gasteiger partial charge in [-0.3, -0.25) is 5.10 Å². The van der Waals surface area contributed by atoms with Gasteiger partial charge in [0.25, 0.3) is 0 Å². The second-order valence-electron chi connectivity index (χ2n) is 3.06. The molecule has 0 atom stereocenters. The summed E-state index contributed by atoms with van der Waals surface area (Å²) in [5.41, 5.74) is 1.44. The number of nitrogens with zero attached hydrogens (tertiary/aromatic N) is 1. The number of aromatic nitrogens is 2. The Morgan fingerprint density at radius 3 is 2.67 bits per heavy atom. The van der Waals surface area contributed by atoms with Crippen LogP contribution in [0, 0.1) is 0 Å². The quantitative estimate of drug-likeness (QED) is 0.748. The molecule has 1 aromatic rings. The van der Waals surface area contributed by atoms with Crippen LogP contribution in [0.4, 0.5) is 8.78 Å². The van der Waals surface area contributed by atoms with Gasteiger partial charge in [-0.1, -0.05) is 13.8 Å². The van der Waals surface area contributed by atoms with Crippen molar-refractivity contribution in [2.45, 2.75) is 32.6 Å². The molecule has 12 heavy (non-hydrogen) atoms. The summed E-state index contributed by atoms with van der Waals surface area (Å²) in [5, 5.41) is 6.47. The fraction of sp³-hybridized carbons (Fsp3) is 0.625. The van der Waals surface area contributed by atoms with Crippen LogP contribution >= 0.6 is 0 Å². The molecule has 0 bridgehead atoms. The lowest BCUT2D eigenvalue weighted by Crippen LogP contribution is -2.00. The minimum Gasteiger partial charge on any atom is -0.282 e. The predicted molar refractivity (Wildman–Crippen MR) is 42.4 cm³/mol. The van der Waals surface area contributed by atoms with E-state index in [9.17, 15) is 8.78 Å². The molecule has 0 aromatic carbocycles. The third kappa shape index (κ3) is 2.03. The molecule has 1 N–H and O–H groups in total. The summed E-state index contributed by atoms with van der Waals surface area (Å²) in [6.45, 7) is 3.89. The van der Waals surface area contributed by atoms with E-state index in [0.717, 1.165) is 5.69 Å². The van der Waals surface area contributed by atoms with Gasteiger partial charge in [0.1, 0.15) is 0 Å². The summed E-state index contributed by atoms with van der Waals surface area (Å²) in [6, 6.07) is 0. The molecule has 68 valence electrons. The molecule has 1 aromatic heterocycles. The van der Waals surface area contributed by atoms with Crippen molar-refractivity contribution in [2.75, 3.05) is 0 Å². The summed E-state index contributed by atoms with van der Waals surface area (Å²) in [7, 11) is 0. The van der Waals surface area contributed by atoms with Crippen LogP contribution in [0.15, 0.2) is 6.20 Å². The van der Waals surface area contributed by atoms with Crippen LogP contribution in [-0.4, -0.2) is 16.6 Å². The summed E-state index contributed by atoms with van der Waals surface area (Å²) in [6.07, 6.45) is -1.02. The summed E-state index contributed by atoms with van der Waals surface area (Å²) in [5.74, 6) is 0.223. The second kappa shape index (κ2) is 3.65. The maximum Gasteiger partial charge on any atom is 0.242 e. The third-order valence-corrected chi connectivity index (χ3v) is 1.70. The van der Waals surface area contributed by atoms with Gasteiger partial charge in [0.2, 0.25) is 6.43 Å². The maximum absolute atomic E-state index is 12.0. The van der Waals surface area contributed by atoms with E-state index in [2.05, 4.69) is 10.2 Å². The standard InChI is InChI=1S/C8H12F2N2/c1-5(2)8-6(3-7(9)10)4-11-12-8/h4-5,7H,3H2,1-2H3,(H,11,12). The Hall–Kier alpha value is -0.930. The van der Waals surface area contributed by atoms with Crippen molar-refractivity contribution >= 4 is 0 Å². The van der Waals surface area contributed by atoms with Crippen molar-refractivity contribution in [3.05, 3.63) is 17.5 Å². The molecule has 0 aliphatic heterocycles. The first-order valence-electron chi connectivity index (χ1n) is 3.91. The SMILES string of the molecule is CC(C)c1[nH]ncc1CC(F)F. The van der Waals surface area contributed by atoms with Gasteiger partial charge in [0.15, 0.2) is 0 Å². The molecule has 0 spiro atoms. The normalized spacial score (nSPS) is 11.5. The number of aromatic amines is 1. The van der Waals surface area contributed by atoms with Gasteiger partial charge in [-0.15, -0.1) is 0 Å². The molecule has 0 amide bonds. The van der Waals surface area contributed by atoms with E-state index >= 15 is 0 Å². The van der Waals surface area contributed by atoms with Crippen LogP contribution in [0.5, 0.6) is 0 Å². The minimum atomic E-state index is -2.29. The van der Waals surface area contributed by atoms with Crippen LogP contribution < -0.4 is 0 Å². The Morgan fingerprint density at radius 2 is 2.17 bits per heavy atom. The molecule has 0 aliphatic rings. The molecule has 1 heterocycles. The average molecular weight is 174 g/mol. The molecule has 2 nitrogen and oxygen atoms in total. The maximum atomic E-state index is 12.0. The van der Waals surface area contributed by atoms with E-state index in [4.69, 9.17) is 0 Å². The predicted octanol–water partition coefficient (Wildman–Crippen LogP) is 2.34. The molecule has 0 saturated carbocycles. The lowest BCUT2D eigenvalue weighted by molar-refractivity contribution is 0.148. The van der Waals surface area contributed by atoms with Crippen LogP contribution in [0.1, 0.15) is 31.0 Å². The molecular weight excluding hydrogens is 162 g/mol. The van der Waals surface area contributed by atoms with E-state index in [-0.39, 0.29) is 12.3 Å². The topological polar surface area (TPSA) is 28.7 Å². The number of hydrogen-bond acceptors (Lipinski definition) is 1. The first-order valence-corrected chi connectivity index (χ1v) is 3.91. The number of hydrogen-bond donors (Lipinski definition) is 1. The van der Waals surface area contributed by atoms with Crippen molar-refractivity contribution in [1.29, 1.82) is 0 Å². The number of halogens is 2. The Bertz CT molecular complexity index is 243. The zero-order valence-electron chi connectivity index (χ0n) is 7.14. The molecule has 0 fully saturated rings. The van der Waals surface area contributed by atoms with E-state index < -0.39 is 6.43 Å². The van der Waals surface area contributed by atoms with Gasteiger partial charge < -0.3 is 0 Å². The highest BCUT2D eigenvalue weighted by molar-refractivity contribution is 5.19. The molecule has 0 aliphatic carbocycles. The monoisotopic (exact) mass is 174 g/mol. The summed E-state index contributed by atoms with van der Waals surface area (Å²) in [4.78, 5) is 0. The van der Waals surface area contributed by atoms with Gasteiger partial charge in [-0.05, 0) is 11.5 Å². The number of alkyl halides is 2. The molecule has 0 unspecified atom stereocenters. The Labute approximate surface area is 70.0 Å². The van der Waals surface area contributed by atoms with E-state index in [1.165, 1.54) is 6.20 Å². The smallest absolute Gasteiger partial charge is 0.242 e. The molecule has 0 saturated heterocycles. The van der Waals surface area contributed by atoms with Crippen molar-refractivity contribution in [3.8, 4) is 0 Å². The lowest BCUT2D eigenvalue weighted by Gasteiger charge is -2.04. The van der Waals surface area contributed by atoms with E-state index in [1.54, 1.807) is 0 Å². The summed E-state index contributed by atoms with van der Waals surface area (Å²) < 4.78 is 24.0. The molecule has 0 radical (unpaired) electrons. The van der Waals surface area contributed by atoms with Crippen molar-refractivity contribution < 1.29 is 8.78 Å². The second-order valence-corrected chi connectivity index (χ2v) is 3.06. The van der Waals surface area contributed by atoms with Gasteiger partial charge in [-0.25, -0.2) is 8.78 Å². The van der Waals surface area contributed by atoms with Crippen molar-refractivity contribution in [2.24, 2.45) is 0 Å². The van der Waals surface area contributed by atoms with E-state index in [0.29, 0.717) is 5.56 Å². The summed E-state index contributed by atoms with van der Waals surface area (Å²) >= 11 is 0. The van der Waals surface area contributed by atoms with Crippen molar-refractivity contribution in [1.82, 2.24) is 10.2 Å². The Kier molecular flexibility index (Phi) is 2.78. The highest BCUT2D eigenvalue weighted by Gasteiger charge is 2.12. The highest BCUT2D eigenvalue weighted by atomic mass is 19.3. The van der Waals surface area contributed by atoms with Gasteiger partial charge in [0, 0.05) is 12.1 Å². The van der Waals surface area contributed by atoms with Crippen LogP contribution in [-0.2, 0) is 6.42 Å². The Morgan fingerprint density at radius 1 is 1.50 bits per heavy atom. The van der Waals surface area contributed by atoms with Crippen LogP contribution in [0.25, 0.3) is 0 Å². The zero-order chi connectivity index (χ0) is 9.14. The van der Waals surface area contributed by atoms with Gasteiger partial charge >= 0.3 is 0 Å². The number of H-pyrrole nitrogens is 1. The van der Waals surface area contributed by atoms with Crippen LogP contribution in [0.3, 0.4) is 0 Å². The molecular formula is C8H12F2N2. The fourth-order valence-electron chi connectivity index (χ4n) is 1.15. The third-order valence-electron chi connectivity index (χ3n) is 1.70. The van der Waals surface area contributed by atoms with Gasteiger partial charge in [0.05, 0.1) is 6.20 Å². The fourth-order valence-corrected chi connectivity index (χ4v) is 1.15. The largest absolute Gasteiger partial charge is 0.282 e. The first kappa shape index (κ1) is 9.16. The van der Waals surface area contributed by atoms with Gasteiger partial charge in [-0.2, -0.15) is 5.10 Å². The zero-order valence-corrected chi connectivity index (χ0v) is 7.14. The molecule has 1 rings (SSSR count). The Balaban J connectivity index is 2.77.